The Hall–Kier alpha value is -2.22. The summed E-state index contributed by atoms with van der Waals surface area (Å²) in [4.78, 5) is 26.2. The van der Waals surface area contributed by atoms with Gasteiger partial charge in [-0.15, -0.1) is 0 Å². The van der Waals surface area contributed by atoms with E-state index in [0.29, 0.717) is 0 Å². The highest BCUT2D eigenvalue weighted by molar-refractivity contribution is 5.88. The first-order chi connectivity index (χ1) is 12.5. The van der Waals surface area contributed by atoms with E-state index < -0.39 is 5.54 Å². The van der Waals surface area contributed by atoms with Crippen molar-refractivity contribution in [2.24, 2.45) is 12.8 Å². The van der Waals surface area contributed by atoms with Crippen LogP contribution >= 0.6 is 0 Å². The first-order valence-corrected chi connectivity index (χ1v) is 9.47. The molecule has 140 valence electrons. The number of rotatable bonds is 3. The Morgan fingerprint density at radius 3 is 2.46 bits per heavy atom. The van der Waals surface area contributed by atoms with Crippen molar-refractivity contribution in [2.45, 2.75) is 44.6 Å². The van der Waals surface area contributed by atoms with Crippen LogP contribution in [0.25, 0.3) is 11.0 Å². The second-order valence-corrected chi connectivity index (χ2v) is 7.53. The second kappa shape index (κ2) is 6.50. The Kier molecular flexibility index (Phi) is 4.30. The quantitative estimate of drug-likeness (QED) is 0.880. The van der Waals surface area contributed by atoms with Gasteiger partial charge in [-0.1, -0.05) is 6.42 Å². The van der Waals surface area contributed by atoms with E-state index in [-0.39, 0.29) is 5.91 Å². The van der Waals surface area contributed by atoms with Gasteiger partial charge in [0, 0.05) is 20.1 Å². The largest absolute Gasteiger partial charge is 0.368 e. The minimum Gasteiger partial charge on any atom is -0.368 e. The van der Waals surface area contributed by atoms with Gasteiger partial charge in [-0.25, -0.2) is 9.97 Å². The number of carbonyl (C=O) groups is 1. The number of anilines is 1. The predicted octanol–water partition coefficient (Wildman–Crippen LogP) is 0.982. The monoisotopic (exact) mass is 357 g/mol. The standard InChI is InChI=1S/C18H27N7O/c1-13-21-15-14(12-20-23(15)2)16(22-13)24-10-6-18(7-11-24,17(19)26)25-8-4-3-5-9-25/h12H,3-11H2,1-2H3,(H2,19,26). The van der Waals surface area contributed by atoms with Crippen molar-refractivity contribution in [1.29, 1.82) is 0 Å². The molecule has 2 saturated heterocycles. The van der Waals surface area contributed by atoms with Crippen molar-refractivity contribution in [1.82, 2.24) is 24.6 Å². The Bertz CT molecular complexity index is 816. The fraction of sp³-hybridized carbons (Fsp3) is 0.667. The summed E-state index contributed by atoms with van der Waals surface area (Å²) >= 11 is 0. The van der Waals surface area contributed by atoms with Crippen LogP contribution in [0, 0.1) is 6.92 Å². The number of primary amides is 1. The molecule has 0 spiro atoms. The molecule has 2 fully saturated rings. The fourth-order valence-corrected chi connectivity index (χ4v) is 4.48. The highest BCUT2D eigenvalue weighted by Gasteiger charge is 2.45. The molecule has 2 aromatic rings. The van der Waals surface area contributed by atoms with E-state index in [1.807, 2.05) is 20.2 Å². The number of fused-ring (bicyclic) bond motifs is 1. The fourth-order valence-electron chi connectivity index (χ4n) is 4.48. The van der Waals surface area contributed by atoms with Gasteiger partial charge in [0.25, 0.3) is 0 Å². The van der Waals surface area contributed by atoms with E-state index in [9.17, 15) is 4.79 Å². The maximum Gasteiger partial charge on any atom is 0.238 e. The minimum absolute atomic E-state index is 0.176. The lowest BCUT2D eigenvalue weighted by molar-refractivity contribution is -0.132. The lowest BCUT2D eigenvalue weighted by Gasteiger charge is -2.48. The Morgan fingerprint density at radius 2 is 1.81 bits per heavy atom. The van der Waals surface area contributed by atoms with Crippen molar-refractivity contribution < 1.29 is 4.79 Å². The molecule has 1 amide bonds. The predicted molar refractivity (Wildman–Crippen MR) is 99.8 cm³/mol. The molecule has 0 unspecified atom stereocenters. The zero-order valence-corrected chi connectivity index (χ0v) is 15.6. The molecule has 2 N–H and O–H groups in total. The molecule has 8 nitrogen and oxygen atoms in total. The normalized spacial score (nSPS) is 21.2. The Labute approximate surface area is 153 Å². The maximum absolute atomic E-state index is 12.4. The molecule has 0 radical (unpaired) electrons. The Morgan fingerprint density at radius 1 is 1.12 bits per heavy atom. The third-order valence-electron chi connectivity index (χ3n) is 5.99. The van der Waals surface area contributed by atoms with Crippen molar-refractivity contribution in [3.8, 4) is 0 Å². The lowest BCUT2D eigenvalue weighted by Crippen LogP contribution is -2.63. The van der Waals surface area contributed by atoms with Crippen molar-refractivity contribution >= 4 is 22.8 Å². The second-order valence-electron chi connectivity index (χ2n) is 7.53. The summed E-state index contributed by atoms with van der Waals surface area (Å²) in [5.74, 6) is 1.47. The van der Waals surface area contributed by atoms with Crippen molar-refractivity contribution in [3.05, 3.63) is 12.0 Å². The van der Waals surface area contributed by atoms with E-state index in [1.165, 1.54) is 6.42 Å². The molecule has 0 aliphatic carbocycles. The van der Waals surface area contributed by atoms with Gasteiger partial charge in [-0.2, -0.15) is 5.10 Å². The molecular formula is C18H27N7O. The van der Waals surface area contributed by atoms with Crippen LogP contribution < -0.4 is 10.6 Å². The molecule has 2 aromatic heterocycles. The number of carbonyl (C=O) groups excluding carboxylic acids is 1. The molecule has 0 aromatic carbocycles. The molecule has 26 heavy (non-hydrogen) atoms. The summed E-state index contributed by atoms with van der Waals surface area (Å²) in [6.07, 6.45) is 6.86. The molecule has 4 heterocycles. The molecule has 0 atom stereocenters. The van der Waals surface area contributed by atoms with Gasteiger partial charge in [-0.3, -0.25) is 14.4 Å². The summed E-state index contributed by atoms with van der Waals surface area (Å²) < 4.78 is 1.78. The van der Waals surface area contributed by atoms with Crippen LogP contribution in [0.3, 0.4) is 0 Å². The van der Waals surface area contributed by atoms with Gasteiger partial charge in [0.2, 0.25) is 5.91 Å². The van der Waals surface area contributed by atoms with Gasteiger partial charge in [0.15, 0.2) is 5.65 Å². The number of hydrogen-bond donors (Lipinski definition) is 1. The van der Waals surface area contributed by atoms with Crippen molar-refractivity contribution in [3.63, 3.8) is 0 Å². The third-order valence-corrected chi connectivity index (χ3v) is 5.99. The van der Waals surface area contributed by atoms with Gasteiger partial charge in [0.1, 0.15) is 17.2 Å². The number of piperidine rings is 2. The highest BCUT2D eigenvalue weighted by Crippen LogP contribution is 2.34. The Balaban J connectivity index is 1.61. The zero-order chi connectivity index (χ0) is 18.3. The third kappa shape index (κ3) is 2.72. The maximum atomic E-state index is 12.4. The first kappa shape index (κ1) is 17.2. The number of nitrogens with zero attached hydrogens (tertiary/aromatic N) is 6. The topological polar surface area (TPSA) is 93.2 Å². The number of nitrogens with two attached hydrogens (primary N) is 1. The van der Waals surface area contributed by atoms with E-state index in [2.05, 4.69) is 24.9 Å². The molecule has 0 bridgehead atoms. The molecule has 4 rings (SSSR count). The zero-order valence-electron chi connectivity index (χ0n) is 15.6. The first-order valence-electron chi connectivity index (χ1n) is 9.47. The highest BCUT2D eigenvalue weighted by atomic mass is 16.1. The number of likely N-dealkylation sites (tertiary alicyclic amines) is 1. The average Bonchev–Trinajstić information content (AvgIpc) is 3.02. The van der Waals surface area contributed by atoms with Crippen LogP contribution in [0.15, 0.2) is 6.20 Å². The minimum atomic E-state index is -0.507. The molecule has 8 heteroatoms. The van der Waals surface area contributed by atoms with Crippen LogP contribution in [-0.4, -0.2) is 62.3 Å². The van der Waals surface area contributed by atoms with Crippen LogP contribution in [0.5, 0.6) is 0 Å². The van der Waals surface area contributed by atoms with E-state index >= 15 is 0 Å². The lowest BCUT2D eigenvalue weighted by atomic mass is 9.83. The molecule has 2 aliphatic heterocycles. The van der Waals surface area contributed by atoms with Crippen LogP contribution in [0.1, 0.15) is 37.9 Å². The van der Waals surface area contributed by atoms with Crippen LogP contribution in [-0.2, 0) is 11.8 Å². The van der Waals surface area contributed by atoms with Gasteiger partial charge in [0.05, 0.1) is 11.6 Å². The van der Waals surface area contributed by atoms with E-state index in [0.717, 1.165) is 74.5 Å². The number of amides is 1. The SMILES string of the molecule is Cc1nc(N2CCC(C(N)=O)(N3CCCCC3)CC2)c2cnn(C)c2n1. The van der Waals surface area contributed by atoms with Gasteiger partial charge >= 0.3 is 0 Å². The van der Waals surface area contributed by atoms with Gasteiger partial charge in [-0.05, 0) is 45.7 Å². The van der Waals surface area contributed by atoms with Crippen molar-refractivity contribution in [2.75, 3.05) is 31.1 Å². The van der Waals surface area contributed by atoms with Crippen LogP contribution in [0.4, 0.5) is 5.82 Å². The number of hydrogen-bond acceptors (Lipinski definition) is 6. The number of aryl methyl sites for hydroxylation is 2. The molecule has 2 aliphatic rings. The molecular weight excluding hydrogens is 330 g/mol. The van der Waals surface area contributed by atoms with Gasteiger partial charge < -0.3 is 10.6 Å². The summed E-state index contributed by atoms with van der Waals surface area (Å²) in [7, 11) is 1.89. The average molecular weight is 357 g/mol. The summed E-state index contributed by atoms with van der Waals surface area (Å²) in [5.41, 5.74) is 6.23. The van der Waals surface area contributed by atoms with E-state index in [4.69, 9.17) is 5.73 Å². The van der Waals surface area contributed by atoms with E-state index in [1.54, 1.807) is 4.68 Å². The smallest absolute Gasteiger partial charge is 0.238 e. The summed E-state index contributed by atoms with van der Waals surface area (Å²) in [5, 5.41) is 5.29. The van der Waals surface area contributed by atoms with Crippen LogP contribution in [0.2, 0.25) is 0 Å². The summed E-state index contributed by atoms with van der Waals surface area (Å²) in [6, 6.07) is 0. The number of aromatic nitrogens is 4. The summed E-state index contributed by atoms with van der Waals surface area (Å²) in [6.45, 7) is 5.38. The molecule has 0 saturated carbocycles.